The Morgan fingerprint density at radius 3 is 2.62 bits per heavy atom. The van der Waals surface area contributed by atoms with Crippen LogP contribution >= 0.6 is 0 Å². The van der Waals surface area contributed by atoms with E-state index in [0.29, 0.717) is 18.7 Å². The quantitative estimate of drug-likeness (QED) is 0.815. The standard InChI is InChI=1S/C15H20N2O4/c1-15(14(19)20)7-2-8-17(15)9-11-3-5-12(6-4-11)21-10-13(16)18/h3-6H,2,7-10H2,1H3,(H2,16,18)(H,19,20). The number of aliphatic carboxylic acids is 1. The Balaban J connectivity index is 2.00. The van der Waals surface area contributed by atoms with Gasteiger partial charge < -0.3 is 15.6 Å². The van der Waals surface area contributed by atoms with Gasteiger partial charge in [-0.2, -0.15) is 0 Å². The average molecular weight is 292 g/mol. The molecule has 1 atom stereocenters. The maximum atomic E-state index is 11.4. The van der Waals surface area contributed by atoms with Gasteiger partial charge in [0.15, 0.2) is 6.61 Å². The normalized spacial score (nSPS) is 22.1. The Labute approximate surface area is 123 Å². The van der Waals surface area contributed by atoms with Gasteiger partial charge in [0.2, 0.25) is 0 Å². The van der Waals surface area contributed by atoms with E-state index < -0.39 is 17.4 Å². The van der Waals surface area contributed by atoms with Crippen LogP contribution in [-0.4, -0.2) is 40.6 Å². The highest BCUT2D eigenvalue weighted by Gasteiger charge is 2.42. The molecule has 1 aromatic carbocycles. The number of primary amides is 1. The van der Waals surface area contributed by atoms with Gasteiger partial charge in [0.1, 0.15) is 11.3 Å². The van der Waals surface area contributed by atoms with E-state index in [1.54, 1.807) is 19.1 Å². The third-order valence-electron chi connectivity index (χ3n) is 3.93. The van der Waals surface area contributed by atoms with Crippen molar-refractivity contribution >= 4 is 11.9 Å². The van der Waals surface area contributed by atoms with E-state index in [1.165, 1.54) is 0 Å². The monoisotopic (exact) mass is 292 g/mol. The first-order chi connectivity index (χ1) is 9.91. The molecule has 3 N–H and O–H groups in total. The number of carboxylic acid groups (broad SMARTS) is 1. The Bertz CT molecular complexity index is 529. The number of benzene rings is 1. The lowest BCUT2D eigenvalue weighted by Crippen LogP contribution is -2.47. The summed E-state index contributed by atoms with van der Waals surface area (Å²) in [6.07, 6.45) is 1.56. The molecule has 0 saturated carbocycles. The van der Waals surface area contributed by atoms with Crippen LogP contribution < -0.4 is 10.5 Å². The van der Waals surface area contributed by atoms with Crippen LogP contribution in [0, 0.1) is 0 Å². The third kappa shape index (κ3) is 3.52. The number of carbonyl (C=O) groups is 2. The summed E-state index contributed by atoms with van der Waals surface area (Å²) in [6.45, 7) is 2.98. The molecule has 0 radical (unpaired) electrons. The molecule has 2 rings (SSSR count). The maximum Gasteiger partial charge on any atom is 0.323 e. The van der Waals surface area contributed by atoms with Crippen molar-refractivity contribution in [2.75, 3.05) is 13.2 Å². The van der Waals surface area contributed by atoms with Gasteiger partial charge >= 0.3 is 5.97 Å². The van der Waals surface area contributed by atoms with Crippen LogP contribution in [0.15, 0.2) is 24.3 Å². The molecular formula is C15H20N2O4. The second kappa shape index (κ2) is 6.13. The number of amides is 1. The van der Waals surface area contributed by atoms with Crippen molar-refractivity contribution in [3.05, 3.63) is 29.8 Å². The van der Waals surface area contributed by atoms with Crippen LogP contribution in [0.25, 0.3) is 0 Å². The van der Waals surface area contributed by atoms with Gasteiger partial charge in [-0.1, -0.05) is 12.1 Å². The average Bonchev–Trinajstić information content (AvgIpc) is 2.81. The minimum Gasteiger partial charge on any atom is -0.484 e. The predicted octanol–water partition coefficient (Wildman–Crippen LogP) is 0.990. The molecule has 1 unspecified atom stereocenters. The molecule has 0 aliphatic carbocycles. The van der Waals surface area contributed by atoms with Gasteiger partial charge in [-0.15, -0.1) is 0 Å². The van der Waals surface area contributed by atoms with E-state index in [0.717, 1.165) is 18.5 Å². The first-order valence-corrected chi connectivity index (χ1v) is 6.90. The Kier molecular flexibility index (Phi) is 4.47. The zero-order chi connectivity index (χ0) is 15.5. The van der Waals surface area contributed by atoms with Crippen LogP contribution in [0.5, 0.6) is 5.75 Å². The minimum atomic E-state index is -0.791. The Hall–Kier alpha value is -2.08. The fraction of sp³-hybridized carbons (Fsp3) is 0.467. The number of carbonyl (C=O) groups excluding carboxylic acids is 1. The topological polar surface area (TPSA) is 92.9 Å². The zero-order valence-electron chi connectivity index (χ0n) is 12.0. The van der Waals surface area contributed by atoms with Crippen LogP contribution in [0.1, 0.15) is 25.3 Å². The van der Waals surface area contributed by atoms with Crippen molar-refractivity contribution in [2.45, 2.75) is 31.8 Å². The van der Waals surface area contributed by atoms with E-state index in [9.17, 15) is 14.7 Å². The summed E-state index contributed by atoms with van der Waals surface area (Å²) in [4.78, 5) is 24.0. The predicted molar refractivity (Wildman–Crippen MR) is 76.8 cm³/mol. The summed E-state index contributed by atoms with van der Waals surface area (Å²) in [5, 5.41) is 9.38. The van der Waals surface area contributed by atoms with Crippen molar-refractivity contribution in [1.29, 1.82) is 0 Å². The SMILES string of the molecule is CC1(C(=O)O)CCCN1Cc1ccc(OCC(N)=O)cc1. The number of nitrogens with two attached hydrogens (primary N) is 1. The number of likely N-dealkylation sites (tertiary alicyclic amines) is 1. The van der Waals surface area contributed by atoms with Crippen LogP contribution in [0.4, 0.5) is 0 Å². The van der Waals surface area contributed by atoms with E-state index in [2.05, 4.69) is 0 Å². The first kappa shape index (κ1) is 15.3. The Morgan fingerprint density at radius 1 is 1.38 bits per heavy atom. The summed E-state index contributed by atoms with van der Waals surface area (Å²) < 4.78 is 5.19. The molecule has 1 saturated heterocycles. The van der Waals surface area contributed by atoms with E-state index in [1.807, 2.05) is 17.0 Å². The van der Waals surface area contributed by atoms with Crippen molar-refractivity contribution in [3.8, 4) is 5.75 Å². The molecule has 21 heavy (non-hydrogen) atoms. The number of hydrogen-bond donors (Lipinski definition) is 2. The van der Waals surface area contributed by atoms with Crippen molar-refractivity contribution in [2.24, 2.45) is 5.73 Å². The number of hydrogen-bond acceptors (Lipinski definition) is 4. The molecule has 1 heterocycles. The summed E-state index contributed by atoms with van der Waals surface area (Å²) in [6, 6.07) is 7.26. The molecule has 0 bridgehead atoms. The lowest BCUT2D eigenvalue weighted by molar-refractivity contribution is -0.148. The summed E-state index contributed by atoms with van der Waals surface area (Å²) in [5.41, 5.74) is 5.23. The highest BCUT2D eigenvalue weighted by molar-refractivity contribution is 5.78. The highest BCUT2D eigenvalue weighted by atomic mass is 16.5. The molecule has 1 amide bonds. The summed E-state index contributed by atoms with van der Waals surface area (Å²) >= 11 is 0. The maximum absolute atomic E-state index is 11.4. The molecule has 0 spiro atoms. The van der Waals surface area contributed by atoms with E-state index in [-0.39, 0.29) is 6.61 Å². The van der Waals surface area contributed by atoms with Crippen LogP contribution in [0.3, 0.4) is 0 Å². The molecule has 1 aromatic rings. The smallest absolute Gasteiger partial charge is 0.323 e. The lowest BCUT2D eigenvalue weighted by Gasteiger charge is -2.31. The van der Waals surface area contributed by atoms with E-state index >= 15 is 0 Å². The van der Waals surface area contributed by atoms with Gasteiger partial charge in [0, 0.05) is 6.54 Å². The number of carboxylic acids is 1. The van der Waals surface area contributed by atoms with Crippen molar-refractivity contribution < 1.29 is 19.4 Å². The highest BCUT2D eigenvalue weighted by Crippen LogP contribution is 2.31. The van der Waals surface area contributed by atoms with Gasteiger partial charge in [0.05, 0.1) is 0 Å². The van der Waals surface area contributed by atoms with Gasteiger partial charge in [-0.3, -0.25) is 14.5 Å². The van der Waals surface area contributed by atoms with Gasteiger partial charge in [-0.05, 0) is 44.0 Å². The van der Waals surface area contributed by atoms with Crippen molar-refractivity contribution in [3.63, 3.8) is 0 Å². The Morgan fingerprint density at radius 2 is 2.05 bits per heavy atom. The molecule has 6 heteroatoms. The summed E-state index contributed by atoms with van der Waals surface area (Å²) in [5.74, 6) is -0.727. The van der Waals surface area contributed by atoms with E-state index in [4.69, 9.17) is 10.5 Å². The molecule has 0 aromatic heterocycles. The molecule has 6 nitrogen and oxygen atoms in total. The number of nitrogens with zero attached hydrogens (tertiary/aromatic N) is 1. The van der Waals surface area contributed by atoms with Crippen molar-refractivity contribution in [1.82, 2.24) is 4.90 Å². The first-order valence-electron chi connectivity index (χ1n) is 6.90. The van der Waals surface area contributed by atoms with Crippen LogP contribution in [-0.2, 0) is 16.1 Å². The second-order valence-electron chi connectivity index (χ2n) is 5.50. The lowest BCUT2D eigenvalue weighted by atomic mass is 9.99. The molecule has 114 valence electrons. The van der Waals surface area contributed by atoms with Gasteiger partial charge in [0.25, 0.3) is 5.91 Å². The molecular weight excluding hydrogens is 272 g/mol. The van der Waals surface area contributed by atoms with Gasteiger partial charge in [-0.25, -0.2) is 0 Å². The second-order valence-corrected chi connectivity index (χ2v) is 5.50. The summed E-state index contributed by atoms with van der Waals surface area (Å²) in [7, 11) is 0. The third-order valence-corrected chi connectivity index (χ3v) is 3.93. The number of rotatable bonds is 6. The fourth-order valence-corrected chi connectivity index (χ4v) is 2.58. The zero-order valence-corrected chi connectivity index (χ0v) is 12.0. The molecule has 1 fully saturated rings. The largest absolute Gasteiger partial charge is 0.484 e. The molecule has 1 aliphatic rings. The minimum absolute atomic E-state index is 0.150. The number of ether oxygens (including phenoxy) is 1. The molecule has 1 aliphatic heterocycles. The fourth-order valence-electron chi connectivity index (χ4n) is 2.58. The van der Waals surface area contributed by atoms with Crippen LogP contribution in [0.2, 0.25) is 0 Å².